The topological polar surface area (TPSA) is 85.9 Å². The Bertz CT molecular complexity index is 646. The lowest BCUT2D eigenvalue weighted by atomic mass is 9.85. The number of H-pyrrole nitrogens is 2. The molecular weight excluding hydrogens is 232 g/mol. The van der Waals surface area contributed by atoms with E-state index >= 15 is 0 Å². The SMILES string of the molecule is CC(C)(C)C(=O)C(O)c1ccc2[nH]c(=O)[nH]c2c1. The van der Waals surface area contributed by atoms with Crippen LogP contribution in [0.1, 0.15) is 32.4 Å². The second-order valence-corrected chi connectivity index (χ2v) is 5.40. The summed E-state index contributed by atoms with van der Waals surface area (Å²) >= 11 is 0. The molecule has 2 rings (SSSR count). The minimum absolute atomic E-state index is 0.250. The standard InChI is InChI=1S/C13H16N2O3/c1-13(2,3)11(17)10(16)7-4-5-8-9(6-7)15-12(18)14-8/h4-6,10,16H,1-3H3,(H2,14,15,18). The lowest BCUT2D eigenvalue weighted by molar-refractivity contribution is -0.135. The molecule has 1 unspecified atom stereocenters. The van der Waals surface area contributed by atoms with Gasteiger partial charge < -0.3 is 15.1 Å². The predicted molar refractivity (Wildman–Crippen MR) is 68.3 cm³/mol. The van der Waals surface area contributed by atoms with Gasteiger partial charge in [0.05, 0.1) is 11.0 Å². The van der Waals surface area contributed by atoms with Crippen molar-refractivity contribution in [3.05, 3.63) is 34.2 Å². The van der Waals surface area contributed by atoms with Crippen LogP contribution < -0.4 is 5.69 Å². The molecule has 5 nitrogen and oxygen atoms in total. The fourth-order valence-corrected chi connectivity index (χ4v) is 1.78. The first-order valence-electron chi connectivity index (χ1n) is 5.73. The molecule has 2 aromatic rings. The summed E-state index contributed by atoms with van der Waals surface area (Å²) < 4.78 is 0. The van der Waals surface area contributed by atoms with Crippen LogP contribution in [0.15, 0.2) is 23.0 Å². The van der Waals surface area contributed by atoms with Crippen LogP contribution in [-0.4, -0.2) is 20.9 Å². The summed E-state index contributed by atoms with van der Waals surface area (Å²) in [5.41, 5.74) is 0.800. The minimum atomic E-state index is -1.17. The van der Waals surface area contributed by atoms with E-state index in [0.29, 0.717) is 16.6 Å². The van der Waals surface area contributed by atoms with Crippen LogP contribution >= 0.6 is 0 Å². The number of aliphatic hydroxyl groups excluding tert-OH is 1. The van der Waals surface area contributed by atoms with Gasteiger partial charge in [0.2, 0.25) is 0 Å². The molecule has 18 heavy (non-hydrogen) atoms. The van der Waals surface area contributed by atoms with Gasteiger partial charge in [0, 0.05) is 5.41 Å². The summed E-state index contributed by atoms with van der Waals surface area (Å²) in [6.45, 7) is 5.28. The Morgan fingerprint density at radius 1 is 1.22 bits per heavy atom. The monoisotopic (exact) mass is 248 g/mol. The average molecular weight is 248 g/mol. The third-order valence-electron chi connectivity index (χ3n) is 2.84. The third-order valence-corrected chi connectivity index (χ3v) is 2.84. The van der Waals surface area contributed by atoms with Crippen molar-refractivity contribution in [1.29, 1.82) is 0 Å². The van der Waals surface area contributed by atoms with Crippen molar-refractivity contribution in [2.75, 3.05) is 0 Å². The third kappa shape index (κ3) is 2.22. The van der Waals surface area contributed by atoms with Gasteiger partial charge in [-0.25, -0.2) is 4.79 Å². The first kappa shape index (κ1) is 12.6. The summed E-state index contributed by atoms with van der Waals surface area (Å²) in [5, 5.41) is 10.0. The zero-order valence-electron chi connectivity index (χ0n) is 10.6. The maximum atomic E-state index is 12.0. The first-order chi connectivity index (χ1) is 8.29. The van der Waals surface area contributed by atoms with E-state index in [-0.39, 0.29) is 11.5 Å². The number of hydrogen-bond acceptors (Lipinski definition) is 3. The normalized spacial score (nSPS) is 13.8. The number of nitrogens with one attached hydrogen (secondary N) is 2. The highest BCUT2D eigenvalue weighted by Gasteiger charge is 2.29. The van der Waals surface area contributed by atoms with Crippen molar-refractivity contribution in [3.8, 4) is 0 Å². The van der Waals surface area contributed by atoms with Crippen LogP contribution in [0, 0.1) is 5.41 Å². The molecular formula is C13H16N2O3. The molecule has 0 radical (unpaired) electrons. The fourth-order valence-electron chi connectivity index (χ4n) is 1.78. The number of ketones is 1. The van der Waals surface area contributed by atoms with E-state index in [1.165, 1.54) is 0 Å². The minimum Gasteiger partial charge on any atom is -0.381 e. The van der Waals surface area contributed by atoms with Crippen molar-refractivity contribution < 1.29 is 9.90 Å². The van der Waals surface area contributed by atoms with E-state index in [4.69, 9.17) is 0 Å². The molecule has 0 aliphatic carbocycles. The Hall–Kier alpha value is -1.88. The maximum absolute atomic E-state index is 12.0. The van der Waals surface area contributed by atoms with E-state index in [2.05, 4.69) is 9.97 Å². The van der Waals surface area contributed by atoms with E-state index in [9.17, 15) is 14.7 Å². The van der Waals surface area contributed by atoms with Crippen LogP contribution in [0.3, 0.4) is 0 Å². The molecule has 0 spiro atoms. The summed E-state index contributed by atoms with van der Waals surface area (Å²) in [6, 6.07) is 4.92. The van der Waals surface area contributed by atoms with Crippen molar-refractivity contribution in [1.82, 2.24) is 9.97 Å². The number of Topliss-reactive ketones (excluding diaryl/α,β-unsaturated/α-hetero) is 1. The highest BCUT2D eigenvalue weighted by molar-refractivity contribution is 5.89. The zero-order chi connectivity index (χ0) is 13.5. The Kier molecular flexibility index (Phi) is 2.86. The van der Waals surface area contributed by atoms with Gasteiger partial charge in [0.1, 0.15) is 6.10 Å². The molecule has 0 saturated heterocycles. The van der Waals surface area contributed by atoms with E-state index < -0.39 is 11.5 Å². The summed E-state index contributed by atoms with van der Waals surface area (Å²) in [5.74, 6) is -0.250. The van der Waals surface area contributed by atoms with Crippen LogP contribution in [0.25, 0.3) is 11.0 Å². The van der Waals surface area contributed by atoms with Crippen LogP contribution in [0.2, 0.25) is 0 Å². The molecule has 0 fully saturated rings. The number of fused-ring (bicyclic) bond motifs is 1. The Morgan fingerprint density at radius 3 is 2.44 bits per heavy atom. The van der Waals surface area contributed by atoms with Crippen LogP contribution in [0.4, 0.5) is 0 Å². The first-order valence-corrected chi connectivity index (χ1v) is 5.73. The number of aromatic amines is 2. The van der Waals surface area contributed by atoms with E-state index in [1.807, 2.05) is 0 Å². The molecule has 96 valence electrons. The molecule has 3 N–H and O–H groups in total. The van der Waals surface area contributed by atoms with Crippen molar-refractivity contribution in [2.24, 2.45) is 5.41 Å². The van der Waals surface area contributed by atoms with Crippen molar-refractivity contribution >= 4 is 16.8 Å². The molecule has 0 aliphatic heterocycles. The molecule has 0 bridgehead atoms. The molecule has 0 aliphatic rings. The van der Waals surface area contributed by atoms with Gasteiger partial charge in [-0.05, 0) is 17.7 Å². The Morgan fingerprint density at radius 2 is 1.83 bits per heavy atom. The fraction of sp³-hybridized carbons (Fsp3) is 0.385. The smallest absolute Gasteiger partial charge is 0.323 e. The number of hydrogen-bond donors (Lipinski definition) is 3. The predicted octanol–water partition coefficient (Wildman–Crippen LogP) is 1.50. The molecule has 0 amide bonds. The van der Waals surface area contributed by atoms with Crippen LogP contribution in [-0.2, 0) is 4.79 Å². The number of imidazole rings is 1. The quantitative estimate of drug-likeness (QED) is 0.752. The van der Waals surface area contributed by atoms with Gasteiger partial charge in [-0.2, -0.15) is 0 Å². The van der Waals surface area contributed by atoms with E-state index in [1.54, 1.807) is 39.0 Å². The largest absolute Gasteiger partial charge is 0.381 e. The van der Waals surface area contributed by atoms with E-state index in [0.717, 1.165) is 0 Å². The van der Waals surface area contributed by atoms with Gasteiger partial charge >= 0.3 is 5.69 Å². The van der Waals surface area contributed by atoms with Gasteiger partial charge in [0.25, 0.3) is 0 Å². The van der Waals surface area contributed by atoms with Gasteiger partial charge in [-0.3, -0.25) is 4.79 Å². The number of aliphatic hydroxyl groups is 1. The maximum Gasteiger partial charge on any atom is 0.323 e. The highest BCUT2D eigenvalue weighted by atomic mass is 16.3. The molecule has 1 aromatic heterocycles. The van der Waals surface area contributed by atoms with Gasteiger partial charge in [-0.15, -0.1) is 0 Å². The lowest BCUT2D eigenvalue weighted by Crippen LogP contribution is -2.26. The molecule has 5 heteroatoms. The molecule has 1 atom stereocenters. The Balaban J connectivity index is 2.42. The number of benzene rings is 1. The second kappa shape index (κ2) is 4.10. The van der Waals surface area contributed by atoms with Crippen LogP contribution in [0.5, 0.6) is 0 Å². The number of rotatable bonds is 2. The summed E-state index contributed by atoms with van der Waals surface area (Å²) in [7, 11) is 0. The zero-order valence-corrected chi connectivity index (χ0v) is 10.6. The summed E-state index contributed by atoms with van der Waals surface area (Å²) in [6.07, 6.45) is -1.17. The lowest BCUT2D eigenvalue weighted by Gasteiger charge is -2.21. The number of aromatic nitrogens is 2. The number of carbonyl (C=O) groups is 1. The number of carbonyl (C=O) groups excluding carboxylic acids is 1. The average Bonchev–Trinajstić information content (AvgIpc) is 2.64. The second-order valence-electron chi connectivity index (χ2n) is 5.40. The Labute approximate surface area is 104 Å². The highest BCUT2D eigenvalue weighted by Crippen LogP contribution is 2.26. The molecule has 0 saturated carbocycles. The van der Waals surface area contributed by atoms with Gasteiger partial charge in [0.15, 0.2) is 5.78 Å². The van der Waals surface area contributed by atoms with Crippen molar-refractivity contribution in [3.63, 3.8) is 0 Å². The van der Waals surface area contributed by atoms with Crippen molar-refractivity contribution in [2.45, 2.75) is 26.9 Å². The molecule has 1 heterocycles. The van der Waals surface area contributed by atoms with Gasteiger partial charge in [-0.1, -0.05) is 26.8 Å². The summed E-state index contributed by atoms with van der Waals surface area (Å²) in [4.78, 5) is 28.3. The molecule has 1 aromatic carbocycles.